The van der Waals surface area contributed by atoms with Crippen LogP contribution in [0.15, 0.2) is 67.0 Å². The third-order valence-corrected chi connectivity index (χ3v) is 3.73. The summed E-state index contributed by atoms with van der Waals surface area (Å²) in [6.07, 6.45) is 3.31. The van der Waals surface area contributed by atoms with Gasteiger partial charge in [0.05, 0.1) is 6.61 Å². The van der Waals surface area contributed by atoms with Crippen molar-refractivity contribution in [1.29, 1.82) is 0 Å². The maximum absolute atomic E-state index is 12.4. The first-order valence-corrected chi connectivity index (χ1v) is 8.23. The third-order valence-electron chi connectivity index (χ3n) is 3.73. The lowest BCUT2D eigenvalue weighted by atomic mass is 10.1. The number of methoxy groups -OCH3 is 1. The lowest BCUT2D eigenvalue weighted by Crippen LogP contribution is -2.22. The van der Waals surface area contributed by atoms with Crippen LogP contribution in [0.25, 0.3) is 0 Å². The maximum atomic E-state index is 12.4. The number of rotatable bonds is 7. The lowest BCUT2D eigenvalue weighted by molar-refractivity contribution is 0.0951. The molecule has 0 radical (unpaired) electrons. The van der Waals surface area contributed by atoms with Crippen LogP contribution in [0.5, 0.6) is 0 Å². The molecule has 3 rings (SSSR count). The number of hydrogen-bond acceptors (Lipinski definition) is 5. The summed E-state index contributed by atoms with van der Waals surface area (Å²) in [4.78, 5) is 20.6. The van der Waals surface area contributed by atoms with E-state index in [1.54, 1.807) is 37.7 Å². The summed E-state index contributed by atoms with van der Waals surface area (Å²) >= 11 is 0. The standard InChI is InChI=1S/C20H20N4O2/c1-26-14-16-8-6-15(7-9-16)13-23-19(25)17-4-2-5-18(12-17)24-20-21-10-3-11-22-20/h2-12H,13-14H2,1H3,(H,23,25)(H,21,22,24). The second-order valence-corrected chi connectivity index (χ2v) is 5.71. The number of nitrogens with one attached hydrogen (secondary N) is 2. The second kappa shape index (κ2) is 8.73. The normalized spacial score (nSPS) is 10.3. The van der Waals surface area contributed by atoms with E-state index in [1.165, 1.54) is 0 Å². The number of aromatic nitrogens is 2. The van der Waals surface area contributed by atoms with Gasteiger partial charge in [-0.15, -0.1) is 0 Å². The Hall–Kier alpha value is -3.25. The van der Waals surface area contributed by atoms with Crippen LogP contribution in [0.1, 0.15) is 21.5 Å². The Balaban J connectivity index is 1.60. The first kappa shape index (κ1) is 17.6. The monoisotopic (exact) mass is 348 g/mol. The Morgan fingerprint density at radius 1 is 1.00 bits per heavy atom. The van der Waals surface area contributed by atoms with E-state index in [9.17, 15) is 4.79 Å². The van der Waals surface area contributed by atoms with Crippen LogP contribution < -0.4 is 10.6 Å². The minimum atomic E-state index is -0.136. The molecule has 0 aliphatic rings. The van der Waals surface area contributed by atoms with Crippen molar-refractivity contribution in [2.75, 3.05) is 12.4 Å². The summed E-state index contributed by atoms with van der Waals surface area (Å²) in [5.41, 5.74) is 3.46. The van der Waals surface area contributed by atoms with E-state index in [0.29, 0.717) is 24.7 Å². The van der Waals surface area contributed by atoms with Gasteiger partial charge in [-0.2, -0.15) is 0 Å². The summed E-state index contributed by atoms with van der Waals surface area (Å²) in [5, 5.41) is 6.01. The molecule has 2 aromatic carbocycles. The highest BCUT2D eigenvalue weighted by molar-refractivity contribution is 5.95. The van der Waals surface area contributed by atoms with Crippen molar-refractivity contribution < 1.29 is 9.53 Å². The predicted octanol–water partition coefficient (Wildman–Crippen LogP) is 3.30. The minimum Gasteiger partial charge on any atom is -0.380 e. The second-order valence-electron chi connectivity index (χ2n) is 5.71. The van der Waals surface area contributed by atoms with Gasteiger partial charge in [-0.3, -0.25) is 4.79 Å². The van der Waals surface area contributed by atoms with Crippen molar-refractivity contribution in [2.45, 2.75) is 13.2 Å². The van der Waals surface area contributed by atoms with Crippen LogP contribution in [0.4, 0.5) is 11.6 Å². The molecule has 1 aromatic heterocycles. The van der Waals surface area contributed by atoms with Gasteiger partial charge >= 0.3 is 0 Å². The predicted molar refractivity (Wildman–Crippen MR) is 100 cm³/mol. The van der Waals surface area contributed by atoms with Crippen molar-refractivity contribution in [1.82, 2.24) is 15.3 Å². The van der Waals surface area contributed by atoms with E-state index >= 15 is 0 Å². The van der Waals surface area contributed by atoms with E-state index in [4.69, 9.17) is 4.74 Å². The van der Waals surface area contributed by atoms with Crippen LogP contribution in [-0.4, -0.2) is 23.0 Å². The van der Waals surface area contributed by atoms with Gasteiger partial charge in [0.2, 0.25) is 5.95 Å². The summed E-state index contributed by atoms with van der Waals surface area (Å²) in [5.74, 6) is 0.352. The molecule has 0 spiro atoms. The molecular weight excluding hydrogens is 328 g/mol. The highest BCUT2D eigenvalue weighted by Gasteiger charge is 2.07. The molecule has 3 aromatic rings. The summed E-state index contributed by atoms with van der Waals surface area (Å²) in [7, 11) is 1.67. The first-order chi connectivity index (χ1) is 12.7. The van der Waals surface area contributed by atoms with E-state index in [-0.39, 0.29) is 5.91 Å². The highest BCUT2D eigenvalue weighted by Crippen LogP contribution is 2.14. The van der Waals surface area contributed by atoms with E-state index in [2.05, 4.69) is 20.6 Å². The van der Waals surface area contributed by atoms with Crippen LogP contribution in [0.3, 0.4) is 0 Å². The molecule has 0 unspecified atom stereocenters. The molecule has 132 valence electrons. The Morgan fingerprint density at radius 3 is 2.46 bits per heavy atom. The average molecular weight is 348 g/mol. The molecule has 0 aliphatic carbocycles. The van der Waals surface area contributed by atoms with Crippen molar-refractivity contribution in [3.8, 4) is 0 Å². The molecule has 2 N–H and O–H groups in total. The number of carbonyl (C=O) groups is 1. The van der Waals surface area contributed by atoms with Gasteiger partial charge in [-0.1, -0.05) is 30.3 Å². The van der Waals surface area contributed by atoms with Gasteiger partial charge in [0, 0.05) is 37.3 Å². The maximum Gasteiger partial charge on any atom is 0.251 e. The number of benzene rings is 2. The molecule has 1 amide bonds. The topological polar surface area (TPSA) is 76.1 Å². The van der Waals surface area contributed by atoms with Crippen LogP contribution in [-0.2, 0) is 17.9 Å². The van der Waals surface area contributed by atoms with Crippen molar-refractivity contribution >= 4 is 17.5 Å². The van der Waals surface area contributed by atoms with Gasteiger partial charge < -0.3 is 15.4 Å². The summed E-state index contributed by atoms with van der Waals surface area (Å²) < 4.78 is 5.09. The quantitative estimate of drug-likeness (QED) is 0.685. The number of hydrogen-bond donors (Lipinski definition) is 2. The summed E-state index contributed by atoms with van der Waals surface area (Å²) in [6, 6.07) is 16.9. The SMILES string of the molecule is COCc1ccc(CNC(=O)c2cccc(Nc3ncccn3)c2)cc1. The van der Waals surface area contributed by atoms with Gasteiger partial charge in [0.15, 0.2) is 0 Å². The first-order valence-electron chi connectivity index (χ1n) is 8.23. The van der Waals surface area contributed by atoms with Crippen LogP contribution in [0, 0.1) is 0 Å². The molecule has 0 bridgehead atoms. The van der Waals surface area contributed by atoms with E-state index < -0.39 is 0 Å². The molecular formula is C20H20N4O2. The Bertz CT molecular complexity index is 851. The Labute approximate surface area is 152 Å². The fourth-order valence-electron chi connectivity index (χ4n) is 2.44. The van der Waals surface area contributed by atoms with Gasteiger partial charge in [0.25, 0.3) is 5.91 Å². The number of nitrogens with zero attached hydrogens (tertiary/aromatic N) is 2. The van der Waals surface area contributed by atoms with Crippen LogP contribution >= 0.6 is 0 Å². The van der Waals surface area contributed by atoms with Gasteiger partial charge in [-0.25, -0.2) is 9.97 Å². The number of amides is 1. The molecule has 6 heteroatoms. The molecule has 26 heavy (non-hydrogen) atoms. The Kier molecular flexibility index (Phi) is 5.90. The smallest absolute Gasteiger partial charge is 0.251 e. The molecule has 0 aliphatic heterocycles. The third kappa shape index (κ3) is 4.87. The molecule has 0 saturated heterocycles. The van der Waals surface area contributed by atoms with Crippen molar-refractivity contribution in [3.63, 3.8) is 0 Å². The number of carbonyl (C=O) groups excluding carboxylic acids is 1. The molecule has 0 saturated carbocycles. The number of ether oxygens (including phenoxy) is 1. The van der Waals surface area contributed by atoms with E-state index in [0.717, 1.165) is 16.8 Å². The van der Waals surface area contributed by atoms with Crippen LogP contribution in [0.2, 0.25) is 0 Å². The van der Waals surface area contributed by atoms with Gasteiger partial charge in [0.1, 0.15) is 0 Å². The molecule has 6 nitrogen and oxygen atoms in total. The summed E-state index contributed by atoms with van der Waals surface area (Å²) in [6.45, 7) is 1.04. The Morgan fingerprint density at radius 2 is 1.73 bits per heavy atom. The molecule has 0 fully saturated rings. The molecule has 1 heterocycles. The van der Waals surface area contributed by atoms with Crippen molar-refractivity contribution in [3.05, 3.63) is 83.7 Å². The minimum absolute atomic E-state index is 0.136. The zero-order valence-electron chi connectivity index (χ0n) is 14.5. The largest absolute Gasteiger partial charge is 0.380 e. The number of anilines is 2. The highest BCUT2D eigenvalue weighted by atomic mass is 16.5. The average Bonchev–Trinajstić information content (AvgIpc) is 2.68. The fourth-order valence-corrected chi connectivity index (χ4v) is 2.44. The van der Waals surface area contributed by atoms with E-state index in [1.807, 2.05) is 36.4 Å². The zero-order valence-corrected chi connectivity index (χ0v) is 14.5. The lowest BCUT2D eigenvalue weighted by Gasteiger charge is -2.09. The molecule has 0 atom stereocenters. The fraction of sp³-hybridized carbons (Fsp3) is 0.150. The van der Waals surface area contributed by atoms with Gasteiger partial charge in [-0.05, 0) is 35.4 Å². The zero-order chi connectivity index (χ0) is 18.2. The van der Waals surface area contributed by atoms with Crippen molar-refractivity contribution in [2.24, 2.45) is 0 Å².